The van der Waals surface area contributed by atoms with E-state index in [-0.39, 0.29) is 23.7 Å². The molecule has 0 aromatic carbocycles. The molecule has 0 aromatic heterocycles. The predicted octanol–water partition coefficient (Wildman–Crippen LogP) is 0.0586. The number of amides is 1. The smallest absolute Gasteiger partial charge is 0.306 e. The van der Waals surface area contributed by atoms with Crippen LogP contribution in [0.1, 0.15) is 32.1 Å². The van der Waals surface area contributed by atoms with Gasteiger partial charge in [-0.3, -0.25) is 9.59 Å². The number of rotatable bonds is 3. The van der Waals surface area contributed by atoms with Crippen molar-refractivity contribution in [1.29, 1.82) is 0 Å². The van der Waals surface area contributed by atoms with Crippen LogP contribution >= 0.6 is 0 Å². The zero-order valence-electron chi connectivity index (χ0n) is 12.7. The highest BCUT2D eigenvalue weighted by Crippen LogP contribution is 2.47. The Kier molecular flexibility index (Phi) is 3.24. The summed E-state index contributed by atoms with van der Waals surface area (Å²) in [5, 5.41) is 22.9. The second-order valence-corrected chi connectivity index (χ2v) is 7.67. The second kappa shape index (κ2) is 4.93. The summed E-state index contributed by atoms with van der Waals surface area (Å²) < 4.78 is 0. The molecule has 2 aliphatic carbocycles. The third kappa shape index (κ3) is 2.24. The van der Waals surface area contributed by atoms with Gasteiger partial charge < -0.3 is 20.4 Å². The fourth-order valence-corrected chi connectivity index (χ4v) is 4.77. The Labute approximate surface area is 129 Å². The monoisotopic (exact) mass is 308 g/mol. The van der Waals surface area contributed by atoms with Crippen molar-refractivity contribution in [3.05, 3.63) is 0 Å². The molecule has 1 amide bonds. The van der Waals surface area contributed by atoms with Gasteiger partial charge in [-0.25, -0.2) is 0 Å². The molecule has 3 unspecified atom stereocenters. The van der Waals surface area contributed by atoms with Crippen LogP contribution in [0.2, 0.25) is 0 Å². The van der Waals surface area contributed by atoms with Crippen molar-refractivity contribution in [1.82, 2.24) is 10.2 Å². The summed E-state index contributed by atoms with van der Waals surface area (Å²) in [6.07, 6.45) is 3.48. The highest BCUT2D eigenvalue weighted by atomic mass is 16.4. The molecule has 0 spiro atoms. The topological polar surface area (TPSA) is 89.9 Å². The van der Waals surface area contributed by atoms with Gasteiger partial charge in [-0.05, 0) is 43.9 Å². The summed E-state index contributed by atoms with van der Waals surface area (Å²) in [7, 11) is 0. The van der Waals surface area contributed by atoms with E-state index < -0.39 is 11.6 Å². The molecule has 2 saturated carbocycles. The number of nitrogens with one attached hydrogen (secondary N) is 1. The number of fused-ring (bicyclic) bond motifs is 1. The maximum absolute atomic E-state index is 12.6. The highest BCUT2D eigenvalue weighted by Gasteiger charge is 2.54. The van der Waals surface area contributed by atoms with E-state index >= 15 is 0 Å². The van der Waals surface area contributed by atoms with Gasteiger partial charge >= 0.3 is 5.97 Å². The number of piperidine rings is 2. The number of carboxylic acids is 1. The third-order valence-corrected chi connectivity index (χ3v) is 6.39. The lowest BCUT2D eigenvalue weighted by Gasteiger charge is -2.49. The lowest BCUT2D eigenvalue weighted by molar-refractivity contribution is -0.171. The second-order valence-electron chi connectivity index (χ2n) is 7.67. The molecule has 2 saturated heterocycles. The molecule has 3 N–H and O–H groups in total. The maximum Gasteiger partial charge on any atom is 0.306 e. The fraction of sp³-hybridized carbons (Fsp3) is 0.875. The van der Waals surface area contributed by atoms with E-state index in [1.54, 1.807) is 0 Å². The molecule has 6 heteroatoms. The maximum atomic E-state index is 12.6. The molecular formula is C16H24N2O4. The molecule has 4 aliphatic rings. The molecule has 3 atom stereocenters. The van der Waals surface area contributed by atoms with Crippen molar-refractivity contribution in [2.75, 3.05) is 19.6 Å². The normalized spacial score (nSPS) is 44.3. The van der Waals surface area contributed by atoms with Crippen LogP contribution in [0.5, 0.6) is 0 Å². The van der Waals surface area contributed by atoms with Gasteiger partial charge in [-0.15, -0.1) is 0 Å². The Hall–Kier alpha value is -1.14. The highest BCUT2D eigenvalue weighted by molar-refractivity contribution is 5.80. The Morgan fingerprint density at radius 3 is 2.36 bits per heavy atom. The first kappa shape index (κ1) is 14.5. The fourth-order valence-electron chi connectivity index (χ4n) is 4.77. The average Bonchev–Trinajstić information content (AvgIpc) is 3.14. The van der Waals surface area contributed by atoms with Crippen molar-refractivity contribution in [3.63, 3.8) is 0 Å². The average molecular weight is 308 g/mol. The lowest BCUT2D eigenvalue weighted by atomic mass is 9.62. The van der Waals surface area contributed by atoms with Crippen LogP contribution in [-0.2, 0) is 9.59 Å². The van der Waals surface area contributed by atoms with Crippen LogP contribution in [0.25, 0.3) is 0 Å². The Balaban J connectivity index is 1.29. The van der Waals surface area contributed by atoms with E-state index in [0.29, 0.717) is 37.9 Å². The van der Waals surface area contributed by atoms with Crippen LogP contribution in [0.3, 0.4) is 0 Å². The van der Waals surface area contributed by atoms with Gasteiger partial charge in [0.05, 0.1) is 17.4 Å². The van der Waals surface area contributed by atoms with E-state index in [4.69, 9.17) is 5.11 Å². The first-order valence-corrected chi connectivity index (χ1v) is 8.45. The number of hydrogen-bond acceptors (Lipinski definition) is 4. The number of aliphatic hydroxyl groups is 1. The van der Waals surface area contributed by atoms with Crippen molar-refractivity contribution in [2.24, 2.45) is 23.7 Å². The minimum absolute atomic E-state index is 0.141. The number of carbonyl (C=O) groups is 2. The molecule has 2 aliphatic heterocycles. The van der Waals surface area contributed by atoms with Gasteiger partial charge in [0.25, 0.3) is 0 Å². The summed E-state index contributed by atoms with van der Waals surface area (Å²) >= 11 is 0. The molecular weight excluding hydrogens is 284 g/mol. The molecule has 122 valence electrons. The number of hydrogen-bond donors (Lipinski definition) is 3. The first-order valence-electron chi connectivity index (χ1n) is 8.45. The number of likely N-dealkylation sites (tertiary alicyclic amines) is 1. The minimum atomic E-state index is -0.811. The molecule has 4 fully saturated rings. The van der Waals surface area contributed by atoms with Crippen LogP contribution in [0.4, 0.5) is 0 Å². The van der Waals surface area contributed by atoms with Gasteiger partial charge in [0.1, 0.15) is 0 Å². The van der Waals surface area contributed by atoms with Gasteiger partial charge in [-0.1, -0.05) is 0 Å². The van der Waals surface area contributed by atoms with Crippen LogP contribution < -0.4 is 5.32 Å². The summed E-state index contributed by atoms with van der Waals surface area (Å²) in [5.41, 5.74) is -0.811. The lowest BCUT2D eigenvalue weighted by Crippen LogP contribution is -2.55. The number of aliphatic carboxylic acids is 1. The van der Waals surface area contributed by atoms with E-state index in [9.17, 15) is 14.7 Å². The van der Waals surface area contributed by atoms with Gasteiger partial charge in [0.2, 0.25) is 5.91 Å². The summed E-state index contributed by atoms with van der Waals surface area (Å²) in [5.74, 6) is -0.0596. The molecule has 0 bridgehead atoms. The number of nitrogens with zero attached hydrogens (tertiary/aromatic N) is 1. The molecule has 22 heavy (non-hydrogen) atoms. The Bertz CT molecular complexity index is 494. The Morgan fingerprint density at radius 2 is 1.86 bits per heavy atom. The van der Waals surface area contributed by atoms with E-state index in [0.717, 1.165) is 25.8 Å². The van der Waals surface area contributed by atoms with Crippen LogP contribution in [-0.4, -0.2) is 58.3 Å². The van der Waals surface area contributed by atoms with Crippen LogP contribution in [0.15, 0.2) is 0 Å². The van der Waals surface area contributed by atoms with E-state index in [1.165, 1.54) is 0 Å². The molecule has 2 heterocycles. The zero-order chi connectivity index (χ0) is 15.5. The largest absolute Gasteiger partial charge is 0.481 e. The van der Waals surface area contributed by atoms with E-state index in [2.05, 4.69) is 5.32 Å². The third-order valence-electron chi connectivity index (χ3n) is 6.39. The number of carbonyl (C=O) groups excluding carboxylic acids is 1. The van der Waals surface area contributed by atoms with Gasteiger partial charge in [0.15, 0.2) is 0 Å². The number of carboxylic acid groups (broad SMARTS) is 1. The predicted molar refractivity (Wildman–Crippen MR) is 78.0 cm³/mol. The van der Waals surface area contributed by atoms with Crippen LogP contribution in [0, 0.1) is 23.7 Å². The zero-order valence-corrected chi connectivity index (χ0v) is 12.7. The van der Waals surface area contributed by atoms with Crippen molar-refractivity contribution in [2.45, 2.75) is 43.7 Å². The Morgan fingerprint density at radius 1 is 1.18 bits per heavy atom. The molecule has 6 nitrogen and oxygen atoms in total. The van der Waals surface area contributed by atoms with E-state index in [1.807, 2.05) is 4.90 Å². The molecule has 4 rings (SSSR count). The molecule has 0 aromatic rings. The minimum Gasteiger partial charge on any atom is -0.481 e. The first-order chi connectivity index (χ1) is 10.5. The van der Waals surface area contributed by atoms with Crippen molar-refractivity contribution in [3.8, 4) is 0 Å². The SMILES string of the molecule is O=C(O)C1CC(O)(C2CCN(C(=O)C3CNC4CC43)CC2)C1. The molecule has 0 radical (unpaired) electrons. The van der Waals surface area contributed by atoms with Crippen molar-refractivity contribution >= 4 is 11.9 Å². The van der Waals surface area contributed by atoms with Crippen molar-refractivity contribution < 1.29 is 19.8 Å². The van der Waals surface area contributed by atoms with Gasteiger partial charge in [0, 0.05) is 25.7 Å². The standard InChI is InChI=1S/C16H24N2O4/c19-14(12-8-17-13-5-11(12)13)18-3-1-10(2-4-18)16(22)6-9(7-16)15(20)21/h9-13,17,22H,1-8H2,(H,20,21). The van der Waals surface area contributed by atoms with Gasteiger partial charge in [-0.2, -0.15) is 0 Å². The summed E-state index contributed by atoms with van der Waals surface area (Å²) in [4.78, 5) is 25.4. The summed E-state index contributed by atoms with van der Waals surface area (Å²) in [6.45, 7) is 2.23. The quantitative estimate of drug-likeness (QED) is 0.686. The summed E-state index contributed by atoms with van der Waals surface area (Å²) in [6, 6.07) is 0.579.